The minimum absolute atomic E-state index is 0.215. The van der Waals surface area contributed by atoms with E-state index in [0.717, 1.165) is 4.88 Å². The van der Waals surface area contributed by atoms with Crippen LogP contribution in [0.3, 0.4) is 0 Å². The molecule has 7 nitrogen and oxygen atoms in total. The molecule has 0 aliphatic heterocycles. The van der Waals surface area contributed by atoms with Crippen molar-refractivity contribution < 1.29 is 9.59 Å². The van der Waals surface area contributed by atoms with Gasteiger partial charge in [-0.05, 0) is 48.8 Å². The fraction of sp³-hybridized carbons (Fsp3) is 0.176. The maximum atomic E-state index is 12.8. The molecular formula is C17H16ClN5O2S2. The Morgan fingerprint density at radius 2 is 2.11 bits per heavy atom. The molecule has 1 atom stereocenters. The van der Waals surface area contributed by atoms with E-state index in [9.17, 15) is 9.59 Å². The number of carbonyl (C=O) groups is 2. The number of anilines is 2. The van der Waals surface area contributed by atoms with E-state index in [1.54, 1.807) is 29.7 Å². The number of rotatable bonds is 5. The molecule has 3 N–H and O–H groups in total. The lowest BCUT2D eigenvalue weighted by molar-refractivity contribution is -0.118. The van der Waals surface area contributed by atoms with Crippen molar-refractivity contribution in [1.29, 1.82) is 0 Å². The normalized spacial score (nSPS) is 11.8. The second-order valence-corrected chi connectivity index (χ2v) is 7.48. The smallest absolute Gasteiger partial charge is 0.247 e. The van der Waals surface area contributed by atoms with Crippen LogP contribution in [0.4, 0.5) is 11.4 Å². The number of nitrogens with zero attached hydrogens (tertiary/aromatic N) is 2. The van der Waals surface area contributed by atoms with Crippen LogP contribution < -0.4 is 10.6 Å². The van der Waals surface area contributed by atoms with Crippen LogP contribution in [0.25, 0.3) is 10.7 Å². The second kappa shape index (κ2) is 8.03. The molecule has 0 saturated heterocycles. The average molecular weight is 422 g/mol. The lowest BCUT2D eigenvalue weighted by atomic mass is 10.2. The summed E-state index contributed by atoms with van der Waals surface area (Å²) in [6, 6.07) is 8.04. The summed E-state index contributed by atoms with van der Waals surface area (Å²) in [6.45, 7) is 3.13. The monoisotopic (exact) mass is 421 g/mol. The first kappa shape index (κ1) is 19.3. The van der Waals surface area contributed by atoms with E-state index in [-0.39, 0.29) is 11.8 Å². The van der Waals surface area contributed by atoms with Gasteiger partial charge in [-0.15, -0.1) is 11.3 Å². The van der Waals surface area contributed by atoms with E-state index < -0.39 is 6.04 Å². The number of carbonyl (C=O) groups excluding carboxylic acids is 2. The lowest BCUT2D eigenvalue weighted by Gasteiger charge is -2.16. The number of hydrogen-bond donors (Lipinski definition) is 3. The van der Waals surface area contributed by atoms with Gasteiger partial charge in [0.2, 0.25) is 11.8 Å². The van der Waals surface area contributed by atoms with Crippen LogP contribution in [-0.2, 0) is 9.59 Å². The molecular weight excluding hydrogens is 406 g/mol. The van der Waals surface area contributed by atoms with Crippen molar-refractivity contribution in [3.63, 3.8) is 0 Å². The molecule has 2 aromatic heterocycles. The van der Waals surface area contributed by atoms with Crippen molar-refractivity contribution in [3.05, 3.63) is 45.5 Å². The first-order chi connectivity index (χ1) is 12.9. The summed E-state index contributed by atoms with van der Waals surface area (Å²) >= 11 is 13.0. The predicted octanol–water partition coefficient (Wildman–Crippen LogP) is 4.48. The zero-order chi connectivity index (χ0) is 19.6. The number of benzene rings is 1. The van der Waals surface area contributed by atoms with Crippen molar-refractivity contribution in [2.75, 3.05) is 10.6 Å². The Bertz CT molecular complexity index is 1040. The van der Waals surface area contributed by atoms with Gasteiger partial charge in [-0.2, -0.15) is 5.10 Å². The molecule has 3 aromatic rings. The van der Waals surface area contributed by atoms with Gasteiger partial charge in [-0.25, -0.2) is 0 Å². The molecule has 0 aliphatic rings. The highest BCUT2D eigenvalue weighted by Crippen LogP contribution is 2.28. The van der Waals surface area contributed by atoms with Gasteiger partial charge < -0.3 is 10.6 Å². The second-order valence-electron chi connectivity index (χ2n) is 5.74. The molecule has 0 bridgehead atoms. The molecule has 10 heteroatoms. The van der Waals surface area contributed by atoms with Crippen molar-refractivity contribution in [2.45, 2.75) is 19.9 Å². The summed E-state index contributed by atoms with van der Waals surface area (Å²) in [7, 11) is 0. The van der Waals surface area contributed by atoms with Gasteiger partial charge in [0.25, 0.3) is 0 Å². The van der Waals surface area contributed by atoms with Crippen LogP contribution in [0, 0.1) is 4.77 Å². The maximum Gasteiger partial charge on any atom is 0.247 e. The van der Waals surface area contributed by atoms with E-state index in [0.29, 0.717) is 27.0 Å². The zero-order valence-corrected chi connectivity index (χ0v) is 16.8. The number of aromatic nitrogens is 3. The quantitative estimate of drug-likeness (QED) is 0.529. The van der Waals surface area contributed by atoms with Crippen LogP contribution in [0.1, 0.15) is 19.9 Å². The zero-order valence-electron chi connectivity index (χ0n) is 14.4. The number of amides is 2. The fourth-order valence-corrected chi connectivity index (χ4v) is 3.67. The molecule has 0 aliphatic carbocycles. The van der Waals surface area contributed by atoms with Gasteiger partial charge in [0.05, 0.1) is 15.6 Å². The summed E-state index contributed by atoms with van der Waals surface area (Å²) in [6.07, 6.45) is 0. The molecule has 1 aromatic carbocycles. The highest BCUT2D eigenvalue weighted by molar-refractivity contribution is 7.71. The van der Waals surface area contributed by atoms with Crippen LogP contribution in [-0.4, -0.2) is 26.6 Å². The summed E-state index contributed by atoms with van der Waals surface area (Å²) in [5.41, 5.74) is 0.932. The third-order valence-corrected chi connectivity index (χ3v) is 5.24. The molecule has 140 valence electrons. The molecule has 0 saturated carbocycles. The number of aromatic amines is 1. The first-order valence-corrected chi connectivity index (χ1v) is 9.62. The van der Waals surface area contributed by atoms with Crippen molar-refractivity contribution in [1.82, 2.24) is 14.8 Å². The summed E-state index contributed by atoms with van der Waals surface area (Å²) in [5, 5.41) is 14.7. The summed E-state index contributed by atoms with van der Waals surface area (Å²) in [4.78, 5) is 24.9. The highest BCUT2D eigenvalue weighted by Gasteiger charge is 2.22. The molecule has 0 radical (unpaired) electrons. The molecule has 1 unspecified atom stereocenters. The van der Waals surface area contributed by atoms with Gasteiger partial charge >= 0.3 is 0 Å². The molecule has 0 fully saturated rings. The number of nitrogens with one attached hydrogen (secondary N) is 3. The minimum atomic E-state index is -0.631. The van der Waals surface area contributed by atoms with Crippen LogP contribution >= 0.6 is 35.2 Å². The molecule has 3 rings (SSSR count). The Morgan fingerprint density at radius 1 is 1.33 bits per heavy atom. The number of H-pyrrole nitrogens is 1. The van der Waals surface area contributed by atoms with Crippen LogP contribution in [0.15, 0.2) is 35.7 Å². The molecule has 2 heterocycles. The van der Waals surface area contributed by atoms with E-state index in [2.05, 4.69) is 20.8 Å². The largest absolute Gasteiger partial charge is 0.326 e. The van der Waals surface area contributed by atoms with E-state index >= 15 is 0 Å². The first-order valence-electron chi connectivity index (χ1n) is 7.95. The Hall–Kier alpha value is -2.49. The number of hydrogen-bond acceptors (Lipinski definition) is 5. The summed E-state index contributed by atoms with van der Waals surface area (Å²) < 4.78 is 2.00. The fourth-order valence-electron chi connectivity index (χ4n) is 2.50. The van der Waals surface area contributed by atoms with Crippen molar-refractivity contribution in [2.24, 2.45) is 0 Å². The standard InChI is InChI=1S/C17H16ClN5O2S2/c1-9(23-15(21-22-17(23)26)14-4-3-7-27-14)16(25)20-13-8-11(19-10(2)24)5-6-12(13)18/h3-9H,1-2H3,(H,19,24)(H,20,25)(H,22,26). The number of thiophene rings is 1. The van der Waals surface area contributed by atoms with Gasteiger partial charge in [-0.3, -0.25) is 19.3 Å². The van der Waals surface area contributed by atoms with Gasteiger partial charge in [0.15, 0.2) is 10.6 Å². The minimum Gasteiger partial charge on any atom is -0.326 e. The van der Waals surface area contributed by atoms with E-state index in [1.165, 1.54) is 18.3 Å². The predicted molar refractivity (Wildman–Crippen MR) is 110 cm³/mol. The molecule has 2 amide bonds. The number of halogens is 1. The Morgan fingerprint density at radius 3 is 2.78 bits per heavy atom. The molecule has 0 spiro atoms. The SMILES string of the molecule is CC(=O)Nc1ccc(Cl)c(NC(=O)C(C)n2c(-c3cccs3)n[nH]c2=S)c1. The van der Waals surface area contributed by atoms with E-state index in [1.807, 2.05) is 17.5 Å². The van der Waals surface area contributed by atoms with Gasteiger partial charge in [-0.1, -0.05) is 17.7 Å². The van der Waals surface area contributed by atoms with Gasteiger partial charge in [0.1, 0.15) is 6.04 Å². The Balaban J connectivity index is 1.87. The van der Waals surface area contributed by atoms with Crippen molar-refractivity contribution in [3.8, 4) is 10.7 Å². The Kier molecular flexibility index (Phi) is 5.73. The topological polar surface area (TPSA) is 91.8 Å². The maximum absolute atomic E-state index is 12.8. The van der Waals surface area contributed by atoms with Crippen LogP contribution in [0.5, 0.6) is 0 Å². The molecule has 27 heavy (non-hydrogen) atoms. The third-order valence-electron chi connectivity index (χ3n) is 3.76. The van der Waals surface area contributed by atoms with Crippen LogP contribution in [0.2, 0.25) is 5.02 Å². The third kappa shape index (κ3) is 4.26. The Labute approximate surface area is 169 Å². The van der Waals surface area contributed by atoms with Gasteiger partial charge in [0, 0.05) is 12.6 Å². The summed E-state index contributed by atoms with van der Waals surface area (Å²) in [5.74, 6) is 0.0659. The lowest BCUT2D eigenvalue weighted by Crippen LogP contribution is -2.24. The van der Waals surface area contributed by atoms with Crippen molar-refractivity contribution >= 4 is 58.3 Å². The average Bonchev–Trinajstić information content (AvgIpc) is 3.26. The highest BCUT2D eigenvalue weighted by atomic mass is 35.5. The van der Waals surface area contributed by atoms with E-state index in [4.69, 9.17) is 23.8 Å².